The number of aromatic amines is 1. The van der Waals surface area contributed by atoms with Crippen molar-refractivity contribution in [2.24, 2.45) is 0 Å². The third kappa shape index (κ3) is 3.29. The third-order valence-corrected chi connectivity index (χ3v) is 5.28. The molecule has 0 bridgehead atoms. The lowest BCUT2D eigenvalue weighted by molar-refractivity contribution is 0.0710. The highest BCUT2D eigenvalue weighted by Crippen LogP contribution is 2.28. The quantitative estimate of drug-likeness (QED) is 0.783. The van der Waals surface area contributed by atoms with E-state index in [1.165, 1.54) is 5.56 Å². The maximum atomic E-state index is 12.7. The number of nitrogens with zero attached hydrogens (tertiary/aromatic N) is 3. The van der Waals surface area contributed by atoms with E-state index in [9.17, 15) is 4.79 Å². The molecule has 3 aromatic rings. The van der Waals surface area contributed by atoms with Gasteiger partial charge in [0.1, 0.15) is 5.82 Å². The molecule has 1 aliphatic rings. The molecule has 1 amide bonds. The molecule has 4 rings (SSSR count). The Labute approximate surface area is 153 Å². The molecular formula is C21H24N4O. The average molecular weight is 348 g/mol. The number of benzene rings is 1. The number of piperidine rings is 1. The van der Waals surface area contributed by atoms with E-state index in [1.54, 1.807) is 0 Å². The Morgan fingerprint density at radius 1 is 1.19 bits per heavy atom. The smallest absolute Gasteiger partial charge is 0.255 e. The molecule has 1 saturated heterocycles. The number of nitrogens with one attached hydrogen (secondary N) is 1. The summed E-state index contributed by atoms with van der Waals surface area (Å²) >= 11 is 0. The number of imidazole rings is 1. The number of rotatable bonds is 4. The Morgan fingerprint density at radius 2 is 1.96 bits per heavy atom. The van der Waals surface area contributed by atoms with Crippen molar-refractivity contribution in [3.63, 3.8) is 0 Å². The molecule has 1 aliphatic heterocycles. The number of hydrogen-bond donors (Lipinski definition) is 1. The van der Waals surface area contributed by atoms with Gasteiger partial charge in [-0.2, -0.15) is 0 Å². The van der Waals surface area contributed by atoms with Gasteiger partial charge in [-0.3, -0.25) is 4.79 Å². The van der Waals surface area contributed by atoms with Crippen LogP contribution in [0.4, 0.5) is 0 Å². The van der Waals surface area contributed by atoms with Crippen molar-refractivity contribution in [2.45, 2.75) is 32.2 Å². The normalized spacial score (nSPS) is 15.3. The van der Waals surface area contributed by atoms with Crippen LogP contribution in [0, 0.1) is 6.92 Å². The number of carbonyl (C=O) groups is 1. The maximum Gasteiger partial charge on any atom is 0.255 e. The lowest BCUT2D eigenvalue weighted by Crippen LogP contribution is -2.38. The summed E-state index contributed by atoms with van der Waals surface area (Å²) in [7, 11) is 0. The van der Waals surface area contributed by atoms with Crippen LogP contribution in [0.25, 0.3) is 0 Å². The molecule has 26 heavy (non-hydrogen) atoms. The van der Waals surface area contributed by atoms with E-state index in [1.807, 2.05) is 36.4 Å². The SMILES string of the molecule is Cc1[nH]ccc1C(=O)N1CCC(c2nccn2Cc2ccccc2)CC1. The van der Waals surface area contributed by atoms with E-state index < -0.39 is 0 Å². The predicted molar refractivity (Wildman–Crippen MR) is 101 cm³/mol. The fourth-order valence-corrected chi connectivity index (χ4v) is 3.79. The summed E-state index contributed by atoms with van der Waals surface area (Å²) in [5.74, 6) is 1.68. The summed E-state index contributed by atoms with van der Waals surface area (Å²) < 4.78 is 2.24. The van der Waals surface area contributed by atoms with Crippen LogP contribution in [0.15, 0.2) is 55.0 Å². The molecule has 1 fully saturated rings. The average Bonchev–Trinajstić information content (AvgIpc) is 3.31. The van der Waals surface area contributed by atoms with Gasteiger partial charge in [-0.1, -0.05) is 30.3 Å². The number of aromatic nitrogens is 3. The molecule has 134 valence electrons. The molecule has 1 N–H and O–H groups in total. The minimum Gasteiger partial charge on any atom is -0.365 e. The second kappa shape index (κ2) is 7.20. The highest BCUT2D eigenvalue weighted by molar-refractivity contribution is 5.95. The fraction of sp³-hybridized carbons (Fsp3) is 0.333. The zero-order valence-electron chi connectivity index (χ0n) is 15.1. The molecule has 5 nitrogen and oxygen atoms in total. The number of likely N-dealkylation sites (tertiary alicyclic amines) is 1. The minimum atomic E-state index is 0.134. The van der Waals surface area contributed by atoms with Crippen molar-refractivity contribution < 1.29 is 4.79 Å². The van der Waals surface area contributed by atoms with E-state index in [-0.39, 0.29) is 5.91 Å². The largest absolute Gasteiger partial charge is 0.365 e. The van der Waals surface area contributed by atoms with Gasteiger partial charge in [0.25, 0.3) is 5.91 Å². The van der Waals surface area contributed by atoms with E-state index in [0.29, 0.717) is 5.92 Å². The van der Waals surface area contributed by atoms with Gasteiger partial charge in [-0.05, 0) is 31.4 Å². The van der Waals surface area contributed by atoms with Gasteiger partial charge in [0.15, 0.2) is 0 Å². The van der Waals surface area contributed by atoms with Gasteiger partial charge in [0, 0.05) is 49.8 Å². The van der Waals surface area contributed by atoms with Crippen LogP contribution in [0.1, 0.15) is 46.2 Å². The minimum absolute atomic E-state index is 0.134. The summed E-state index contributed by atoms with van der Waals surface area (Å²) in [5.41, 5.74) is 3.01. The monoisotopic (exact) mass is 348 g/mol. The van der Waals surface area contributed by atoms with Crippen molar-refractivity contribution in [3.05, 3.63) is 77.6 Å². The first-order chi connectivity index (χ1) is 12.7. The lowest BCUT2D eigenvalue weighted by Gasteiger charge is -2.32. The second-order valence-corrected chi connectivity index (χ2v) is 6.98. The third-order valence-electron chi connectivity index (χ3n) is 5.28. The lowest BCUT2D eigenvalue weighted by atomic mass is 9.95. The molecule has 0 atom stereocenters. The van der Waals surface area contributed by atoms with E-state index in [2.05, 4.69) is 45.0 Å². The first kappa shape index (κ1) is 16.6. The van der Waals surface area contributed by atoms with Crippen molar-refractivity contribution in [2.75, 3.05) is 13.1 Å². The van der Waals surface area contributed by atoms with Crippen LogP contribution in [-0.4, -0.2) is 38.4 Å². The Bertz CT molecular complexity index is 872. The second-order valence-electron chi connectivity index (χ2n) is 6.98. The van der Waals surface area contributed by atoms with Crippen molar-refractivity contribution >= 4 is 5.91 Å². The zero-order valence-corrected chi connectivity index (χ0v) is 15.1. The molecule has 0 saturated carbocycles. The standard InChI is InChI=1S/C21H24N4O/c1-16-19(7-10-22-16)21(26)24-12-8-18(9-13-24)20-23-11-14-25(20)15-17-5-3-2-4-6-17/h2-7,10-11,14,18,22H,8-9,12-13,15H2,1H3. The van der Waals surface area contributed by atoms with Gasteiger partial charge >= 0.3 is 0 Å². The molecule has 0 aliphatic carbocycles. The summed E-state index contributed by atoms with van der Waals surface area (Å²) in [5, 5.41) is 0. The van der Waals surface area contributed by atoms with Gasteiger partial charge in [0.2, 0.25) is 0 Å². The van der Waals surface area contributed by atoms with E-state index in [4.69, 9.17) is 0 Å². The maximum absolute atomic E-state index is 12.7. The predicted octanol–water partition coefficient (Wildman–Crippen LogP) is 3.59. The first-order valence-electron chi connectivity index (χ1n) is 9.20. The highest BCUT2D eigenvalue weighted by atomic mass is 16.2. The summed E-state index contributed by atoms with van der Waals surface area (Å²) in [6, 6.07) is 12.3. The van der Waals surface area contributed by atoms with Gasteiger partial charge < -0.3 is 14.5 Å². The molecule has 2 aromatic heterocycles. The molecule has 0 radical (unpaired) electrons. The van der Waals surface area contributed by atoms with Gasteiger partial charge in [-0.25, -0.2) is 4.98 Å². The summed E-state index contributed by atoms with van der Waals surface area (Å²) in [6.45, 7) is 4.36. The number of carbonyl (C=O) groups excluding carboxylic acids is 1. The number of aryl methyl sites for hydroxylation is 1. The van der Waals surface area contributed by atoms with E-state index in [0.717, 1.165) is 49.6 Å². The zero-order chi connectivity index (χ0) is 17.9. The fourth-order valence-electron chi connectivity index (χ4n) is 3.79. The molecule has 0 unspecified atom stereocenters. The first-order valence-corrected chi connectivity index (χ1v) is 9.20. The van der Waals surface area contributed by atoms with E-state index >= 15 is 0 Å². The van der Waals surface area contributed by atoms with Crippen LogP contribution in [0.2, 0.25) is 0 Å². The summed E-state index contributed by atoms with van der Waals surface area (Å²) in [6.07, 6.45) is 7.69. The molecule has 1 aromatic carbocycles. The topological polar surface area (TPSA) is 53.9 Å². The van der Waals surface area contributed by atoms with Crippen molar-refractivity contribution in [3.8, 4) is 0 Å². The van der Waals surface area contributed by atoms with Crippen LogP contribution in [0.5, 0.6) is 0 Å². The number of hydrogen-bond acceptors (Lipinski definition) is 2. The Morgan fingerprint density at radius 3 is 2.65 bits per heavy atom. The molecule has 0 spiro atoms. The van der Waals surface area contributed by atoms with Crippen molar-refractivity contribution in [1.82, 2.24) is 19.4 Å². The Hall–Kier alpha value is -2.82. The highest BCUT2D eigenvalue weighted by Gasteiger charge is 2.27. The van der Waals surface area contributed by atoms with Gasteiger partial charge in [-0.15, -0.1) is 0 Å². The van der Waals surface area contributed by atoms with Crippen LogP contribution >= 0.6 is 0 Å². The summed E-state index contributed by atoms with van der Waals surface area (Å²) in [4.78, 5) is 22.4. The number of H-pyrrole nitrogens is 1. The molecule has 5 heteroatoms. The Balaban J connectivity index is 1.42. The van der Waals surface area contributed by atoms with Crippen LogP contribution < -0.4 is 0 Å². The Kier molecular flexibility index (Phi) is 4.61. The van der Waals surface area contributed by atoms with Crippen LogP contribution in [-0.2, 0) is 6.54 Å². The van der Waals surface area contributed by atoms with Gasteiger partial charge in [0.05, 0.1) is 5.56 Å². The number of amides is 1. The molecule has 3 heterocycles. The van der Waals surface area contributed by atoms with Crippen LogP contribution in [0.3, 0.4) is 0 Å². The molecular weight excluding hydrogens is 324 g/mol. The van der Waals surface area contributed by atoms with Crippen molar-refractivity contribution in [1.29, 1.82) is 0 Å².